The number of fused-ring (bicyclic) bond motifs is 1. The van der Waals surface area contributed by atoms with Gasteiger partial charge in [-0.3, -0.25) is 0 Å². The number of ether oxygens (including phenoxy) is 1. The number of nitrogens with zero attached hydrogens (tertiary/aromatic N) is 1. The van der Waals surface area contributed by atoms with Crippen LogP contribution in [-0.4, -0.2) is 16.1 Å². The van der Waals surface area contributed by atoms with Crippen molar-refractivity contribution in [2.45, 2.75) is 0 Å². The van der Waals surface area contributed by atoms with Gasteiger partial charge in [-0.05, 0) is 22.0 Å². The van der Waals surface area contributed by atoms with E-state index >= 15 is 0 Å². The van der Waals surface area contributed by atoms with Crippen LogP contribution in [0.25, 0.3) is 11.0 Å². The molecule has 0 aliphatic heterocycles. The molecule has 0 bridgehead atoms. The molecule has 0 aliphatic carbocycles. The molecule has 0 fully saturated rings. The Bertz CT molecular complexity index is 494. The number of nitrogens with one attached hydrogen (secondary N) is 1. The number of hydrogen-bond acceptors (Lipinski definition) is 3. The molecule has 2 heterocycles. The number of hydrogen-bond donors (Lipinski definition) is 2. The highest BCUT2D eigenvalue weighted by Crippen LogP contribution is 2.25. The van der Waals surface area contributed by atoms with E-state index < -0.39 is 6.09 Å². The topological polar surface area (TPSA) is 81.0 Å². The number of nitrogens with two attached hydrogens (primary N) is 1. The highest BCUT2D eigenvalue weighted by molar-refractivity contribution is 9.10. The molecule has 0 aliphatic rings. The molecule has 14 heavy (non-hydrogen) atoms. The lowest BCUT2D eigenvalue weighted by atomic mass is 10.4. The first kappa shape index (κ1) is 9.01. The molecule has 0 saturated carbocycles. The summed E-state index contributed by atoms with van der Waals surface area (Å²) in [4.78, 5) is 17.5. The molecule has 72 valence electrons. The number of aromatic nitrogens is 2. The number of amides is 1. The van der Waals surface area contributed by atoms with Crippen LogP contribution in [-0.2, 0) is 0 Å². The van der Waals surface area contributed by atoms with Crippen LogP contribution in [0, 0.1) is 0 Å². The zero-order valence-corrected chi connectivity index (χ0v) is 8.54. The number of halogens is 1. The van der Waals surface area contributed by atoms with E-state index in [-0.39, 0.29) is 0 Å². The minimum absolute atomic E-state index is 0.333. The van der Waals surface area contributed by atoms with Crippen molar-refractivity contribution in [1.82, 2.24) is 9.97 Å². The molecule has 5 nitrogen and oxygen atoms in total. The normalized spacial score (nSPS) is 10.4. The Labute approximate surface area is 87.4 Å². The van der Waals surface area contributed by atoms with E-state index in [0.717, 1.165) is 9.99 Å². The quantitative estimate of drug-likeness (QED) is 0.815. The minimum atomic E-state index is -0.851. The molecule has 2 aromatic rings. The summed E-state index contributed by atoms with van der Waals surface area (Å²) < 4.78 is 5.58. The second-order valence-corrected chi connectivity index (χ2v) is 3.54. The van der Waals surface area contributed by atoms with Crippen LogP contribution < -0.4 is 10.5 Å². The third-order valence-electron chi connectivity index (χ3n) is 1.66. The molecule has 2 aromatic heterocycles. The Morgan fingerprint density at radius 2 is 2.43 bits per heavy atom. The monoisotopic (exact) mass is 255 g/mol. The fraction of sp³-hybridized carbons (Fsp3) is 0. The van der Waals surface area contributed by atoms with Crippen molar-refractivity contribution in [2.24, 2.45) is 5.73 Å². The standard InChI is InChI=1S/C8H6BrN3O2/c9-4-1-5-7(12-2-4)6(3-11-5)14-8(10)13/h1-3,11H,(H2,10,13). The van der Waals surface area contributed by atoms with Gasteiger partial charge in [0.05, 0.1) is 5.52 Å². The maximum atomic E-state index is 10.5. The van der Waals surface area contributed by atoms with Gasteiger partial charge in [-0.1, -0.05) is 0 Å². The van der Waals surface area contributed by atoms with E-state index in [0.29, 0.717) is 11.3 Å². The molecule has 1 amide bonds. The van der Waals surface area contributed by atoms with Gasteiger partial charge < -0.3 is 15.5 Å². The fourth-order valence-corrected chi connectivity index (χ4v) is 1.47. The molecular weight excluding hydrogens is 250 g/mol. The number of pyridine rings is 1. The summed E-state index contributed by atoms with van der Waals surface area (Å²) in [6.45, 7) is 0. The van der Waals surface area contributed by atoms with Gasteiger partial charge in [0, 0.05) is 16.9 Å². The van der Waals surface area contributed by atoms with Crippen molar-refractivity contribution < 1.29 is 9.53 Å². The van der Waals surface area contributed by atoms with Gasteiger partial charge >= 0.3 is 6.09 Å². The largest absolute Gasteiger partial charge is 0.410 e. The third kappa shape index (κ3) is 1.56. The van der Waals surface area contributed by atoms with Crippen LogP contribution in [0.2, 0.25) is 0 Å². The van der Waals surface area contributed by atoms with Gasteiger partial charge in [0.15, 0.2) is 5.75 Å². The van der Waals surface area contributed by atoms with Crippen molar-refractivity contribution in [3.8, 4) is 5.75 Å². The highest BCUT2D eigenvalue weighted by atomic mass is 79.9. The maximum absolute atomic E-state index is 10.5. The molecule has 0 unspecified atom stereocenters. The number of H-pyrrole nitrogens is 1. The molecule has 2 rings (SSSR count). The Balaban J connectivity index is 2.52. The van der Waals surface area contributed by atoms with Gasteiger partial charge in [-0.25, -0.2) is 9.78 Å². The van der Waals surface area contributed by atoms with E-state index in [9.17, 15) is 4.79 Å². The van der Waals surface area contributed by atoms with Gasteiger partial charge in [-0.2, -0.15) is 0 Å². The summed E-state index contributed by atoms with van der Waals surface area (Å²) in [5.41, 5.74) is 6.24. The molecular formula is C8H6BrN3O2. The van der Waals surface area contributed by atoms with Crippen LogP contribution in [0.5, 0.6) is 5.75 Å². The predicted molar refractivity (Wildman–Crippen MR) is 54.0 cm³/mol. The van der Waals surface area contributed by atoms with Crippen molar-refractivity contribution in [3.05, 3.63) is 22.9 Å². The molecule has 0 spiro atoms. The smallest absolute Gasteiger partial charge is 0.407 e. The van der Waals surface area contributed by atoms with Crippen molar-refractivity contribution >= 4 is 33.1 Å². The summed E-state index contributed by atoms with van der Waals surface area (Å²) in [7, 11) is 0. The molecule has 0 saturated heterocycles. The van der Waals surface area contributed by atoms with Crippen LogP contribution in [0.3, 0.4) is 0 Å². The second kappa shape index (κ2) is 3.30. The number of carbonyl (C=O) groups is 1. The van der Waals surface area contributed by atoms with Gasteiger partial charge in [0.2, 0.25) is 0 Å². The Kier molecular flexibility index (Phi) is 2.12. The average Bonchev–Trinajstić information content (AvgIpc) is 2.47. The Morgan fingerprint density at radius 3 is 3.14 bits per heavy atom. The minimum Gasteiger partial charge on any atom is -0.407 e. The van der Waals surface area contributed by atoms with E-state index in [4.69, 9.17) is 10.5 Å². The molecule has 3 N–H and O–H groups in total. The first-order valence-corrected chi connectivity index (χ1v) is 4.56. The second-order valence-electron chi connectivity index (χ2n) is 2.62. The van der Waals surface area contributed by atoms with E-state index in [1.807, 2.05) is 6.07 Å². The first-order chi connectivity index (χ1) is 6.66. The van der Waals surface area contributed by atoms with Gasteiger partial charge in [0.25, 0.3) is 0 Å². The van der Waals surface area contributed by atoms with Crippen LogP contribution in [0.1, 0.15) is 0 Å². The van der Waals surface area contributed by atoms with E-state index in [1.54, 1.807) is 6.20 Å². The molecule has 0 radical (unpaired) electrons. The summed E-state index contributed by atoms with van der Waals surface area (Å²) in [5, 5.41) is 0. The van der Waals surface area contributed by atoms with Crippen LogP contribution in [0.4, 0.5) is 4.79 Å². The number of rotatable bonds is 1. The maximum Gasteiger partial charge on any atom is 0.410 e. The Morgan fingerprint density at radius 1 is 1.64 bits per heavy atom. The van der Waals surface area contributed by atoms with Crippen LogP contribution >= 0.6 is 15.9 Å². The molecule has 0 aromatic carbocycles. The number of carbonyl (C=O) groups excluding carboxylic acids is 1. The summed E-state index contributed by atoms with van der Waals surface area (Å²) in [6, 6.07) is 1.83. The average molecular weight is 256 g/mol. The number of aromatic amines is 1. The van der Waals surface area contributed by atoms with E-state index in [1.165, 1.54) is 6.20 Å². The van der Waals surface area contributed by atoms with E-state index in [2.05, 4.69) is 25.9 Å². The van der Waals surface area contributed by atoms with Crippen molar-refractivity contribution in [2.75, 3.05) is 0 Å². The zero-order valence-electron chi connectivity index (χ0n) is 6.95. The fourth-order valence-electron chi connectivity index (χ4n) is 1.14. The molecule has 6 heteroatoms. The van der Waals surface area contributed by atoms with Crippen LogP contribution in [0.15, 0.2) is 22.9 Å². The number of primary amides is 1. The Hall–Kier alpha value is -1.56. The van der Waals surface area contributed by atoms with Crippen molar-refractivity contribution in [1.29, 1.82) is 0 Å². The molecule has 0 atom stereocenters. The lowest BCUT2D eigenvalue weighted by Gasteiger charge is -1.96. The first-order valence-electron chi connectivity index (χ1n) is 3.77. The summed E-state index contributed by atoms with van der Waals surface area (Å²) in [6.07, 6.45) is 2.30. The van der Waals surface area contributed by atoms with Crippen molar-refractivity contribution in [3.63, 3.8) is 0 Å². The van der Waals surface area contributed by atoms with Gasteiger partial charge in [0.1, 0.15) is 5.52 Å². The summed E-state index contributed by atoms with van der Waals surface area (Å²) >= 11 is 3.28. The third-order valence-corrected chi connectivity index (χ3v) is 2.09. The summed E-state index contributed by atoms with van der Waals surface area (Å²) in [5.74, 6) is 0.333. The lowest BCUT2D eigenvalue weighted by molar-refractivity contribution is 0.211. The van der Waals surface area contributed by atoms with Gasteiger partial charge in [-0.15, -0.1) is 0 Å². The predicted octanol–water partition coefficient (Wildman–Crippen LogP) is 1.78. The zero-order chi connectivity index (χ0) is 10.1. The highest BCUT2D eigenvalue weighted by Gasteiger charge is 2.08. The SMILES string of the molecule is NC(=O)Oc1c[nH]c2cc(Br)cnc12. The lowest BCUT2D eigenvalue weighted by Crippen LogP contribution is -2.16.